The van der Waals surface area contributed by atoms with E-state index in [-0.39, 0.29) is 5.54 Å². The van der Waals surface area contributed by atoms with Gasteiger partial charge in [0.2, 0.25) is 0 Å². The molecule has 0 bridgehead atoms. The Kier molecular flexibility index (Phi) is 0.945. The molecule has 2 rings (SSSR count). The standard InChI is InChI=1S/C7H13NO/c1-9-6-4-7(8)3-2-5(6)7/h5-6H,2-4,8H2,1H3. The molecule has 9 heavy (non-hydrogen) atoms. The maximum atomic E-state index is 5.94. The Morgan fingerprint density at radius 1 is 1.67 bits per heavy atom. The van der Waals surface area contributed by atoms with Crippen LogP contribution in [-0.4, -0.2) is 18.8 Å². The third-order valence-electron chi connectivity index (χ3n) is 2.99. The minimum Gasteiger partial charge on any atom is -0.381 e. The Hall–Kier alpha value is -0.0800. The molecule has 2 saturated carbocycles. The average molecular weight is 127 g/mol. The summed E-state index contributed by atoms with van der Waals surface area (Å²) in [5, 5.41) is 0. The van der Waals surface area contributed by atoms with Crippen molar-refractivity contribution in [2.45, 2.75) is 30.9 Å². The number of fused-ring (bicyclic) bond motifs is 1. The first-order valence-corrected chi connectivity index (χ1v) is 3.58. The van der Waals surface area contributed by atoms with Crippen LogP contribution in [0.1, 0.15) is 19.3 Å². The highest BCUT2D eigenvalue weighted by Gasteiger charge is 2.57. The van der Waals surface area contributed by atoms with Crippen LogP contribution in [0.15, 0.2) is 0 Å². The topological polar surface area (TPSA) is 35.2 Å². The van der Waals surface area contributed by atoms with E-state index in [0.29, 0.717) is 12.0 Å². The molecular formula is C7H13NO. The molecule has 0 aromatic carbocycles. The van der Waals surface area contributed by atoms with Crippen molar-refractivity contribution in [3.05, 3.63) is 0 Å². The fourth-order valence-electron chi connectivity index (χ4n) is 2.10. The third kappa shape index (κ3) is 0.528. The van der Waals surface area contributed by atoms with Crippen LogP contribution in [0.2, 0.25) is 0 Å². The number of ether oxygens (including phenoxy) is 1. The maximum Gasteiger partial charge on any atom is 0.0634 e. The van der Waals surface area contributed by atoms with Crippen LogP contribution < -0.4 is 5.73 Å². The molecule has 2 aliphatic carbocycles. The summed E-state index contributed by atoms with van der Waals surface area (Å²) in [6.07, 6.45) is 4.09. The number of hydrogen-bond acceptors (Lipinski definition) is 2. The van der Waals surface area contributed by atoms with E-state index < -0.39 is 0 Å². The van der Waals surface area contributed by atoms with Gasteiger partial charge in [-0.1, -0.05) is 0 Å². The van der Waals surface area contributed by atoms with E-state index in [2.05, 4.69) is 0 Å². The fourth-order valence-corrected chi connectivity index (χ4v) is 2.10. The lowest BCUT2D eigenvalue weighted by Crippen LogP contribution is -2.70. The summed E-state index contributed by atoms with van der Waals surface area (Å²) in [4.78, 5) is 0. The highest BCUT2D eigenvalue weighted by atomic mass is 16.5. The number of rotatable bonds is 1. The molecule has 0 saturated heterocycles. The molecule has 2 heteroatoms. The van der Waals surface area contributed by atoms with Gasteiger partial charge in [0.05, 0.1) is 6.10 Å². The number of methoxy groups -OCH3 is 1. The van der Waals surface area contributed by atoms with E-state index >= 15 is 0 Å². The van der Waals surface area contributed by atoms with Crippen molar-refractivity contribution in [2.75, 3.05) is 7.11 Å². The summed E-state index contributed by atoms with van der Waals surface area (Å²) >= 11 is 0. The van der Waals surface area contributed by atoms with Crippen LogP contribution in [0.25, 0.3) is 0 Å². The van der Waals surface area contributed by atoms with Gasteiger partial charge in [0, 0.05) is 18.6 Å². The van der Waals surface area contributed by atoms with E-state index in [9.17, 15) is 0 Å². The first-order chi connectivity index (χ1) is 4.26. The van der Waals surface area contributed by atoms with Crippen molar-refractivity contribution in [3.8, 4) is 0 Å². The Balaban J connectivity index is 1.98. The molecule has 0 amide bonds. The molecule has 0 aromatic heterocycles. The van der Waals surface area contributed by atoms with Crippen molar-refractivity contribution < 1.29 is 4.74 Å². The molecule has 0 aliphatic heterocycles. The van der Waals surface area contributed by atoms with Gasteiger partial charge < -0.3 is 10.5 Å². The molecule has 3 atom stereocenters. The van der Waals surface area contributed by atoms with Gasteiger partial charge in [0.1, 0.15) is 0 Å². The summed E-state index contributed by atoms with van der Waals surface area (Å²) in [5.74, 6) is 0.697. The second-order valence-electron chi connectivity index (χ2n) is 3.36. The summed E-state index contributed by atoms with van der Waals surface area (Å²) in [5.41, 5.74) is 6.15. The van der Waals surface area contributed by atoms with Crippen LogP contribution in [0.5, 0.6) is 0 Å². The molecule has 3 unspecified atom stereocenters. The number of hydrogen-bond donors (Lipinski definition) is 1. The molecule has 0 radical (unpaired) electrons. The van der Waals surface area contributed by atoms with Gasteiger partial charge in [-0.25, -0.2) is 0 Å². The SMILES string of the molecule is COC1CC2(N)CCC12. The van der Waals surface area contributed by atoms with Crippen molar-refractivity contribution >= 4 is 0 Å². The lowest BCUT2D eigenvalue weighted by Gasteiger charge is -2.60. The lowest BCUT2D eigenvalue weighted by molar-refractivity contribution is -0.134. The first-order valence-electron chi connectivity index (χ1n) is 3.58. The third-order valence-corrected chi connectivity index (χ3v) is 2.99. The van der Waals surface area contributed by atoms with Gasteiger partial charge in [0.15, 0.2) is 0 Å². The molecule has 2 aliphatic rings. The second kappa shape index (κ2) is 1.50. The Labute approximate surface area is 55.4 Å². The monoisotopic (exact) mass is 127 g/mol. The molecule has 2 nitrogen and oxygen atoms in total. The van der Waals surface area contributed by atoms with E-state index in [1.807, 2.05) is 0 Å². The molecular weight excluding hydrogens is 114 g/mol. The highest BCUT2D eigenvalue weighted by molar-refractivity contribution is 5.14. The van der Waals surface area contributed by atoms with Crippen molar-refractivity contribution in [1.29, 1.82) is 0 Å². The minimum atomic E-state index is 0.209. The van der Waals surface area contributed by atoms with Gasteiger partial charge in [-0.3, -0.25) is 0 Å². The fraction of sp³-hybridized carbons (Fsp3) is 1.00. The molecule has 0 aromatic rings. The van der Waals surface area contributed by atoms with Gasteiger partial charge in [-0.15, -0.1) is 0 Å². The van der Waals surface area contributed by atoms with Crippen LogP contribution >= 0.6 is 0 Å². The zero-order valence-corrected chi connectivity index (χ0v) is 5.76. The van der Waals surface area contributed by atoms with Crippen molar-refractivity contribution in [2.24, 2.45) is 11.7 Å². The summed E-state index contributed by atoms with van der Waals surface area (Å²) in [6.45, 7) is 0. The van der Waals surface area contributed by atoms with Crippen LogP contribution in [0.3, 0.4) is 0 Å². The zero-order chi connectivity index (χ0) is 6.48. The molecule has 52 valence electrons. The minimum absolute atomic E-state index is 0.209. The van der Waals surface area contributed by atoms with Crippen molar-refractivity contribution in [3.63, 3.8) is 0 Å². The normalized spacial score (nSPS) is 55.3. The second-order valence-corrected chi connectivity index (χ2v) is 3.36. The molecule has 2 N–H and O–H groups in total. The van der Waals surface area contributed by atoms with Crippen molar-refractivity contribution in [1.82, 2.24) is 0 Å². The van der Waals surface area contributed by atoms with E-state index in [1.54, 1.807) is 7.11 Å². The average Bonchev–Trinajstić information content (AvgIpc) is 1.85. The summed E-state index contributed by atoms with van der Waals surface area (Å²) in [6, 6.07) is 0. The van der Waals surface area contributed by atoms with Crippen LogP contribution in [-0.2, 0) is 4.74 Å². The van der Waals surface area contributed by atoms with E-state index in [1.165, 1.54) is 12.8 Å². The van der Waals surface area contributed by atoms with Gasteiger partial charge in [0.25, 0.3) is 0 Å². The predicted molar refractivity (Wildman–Crippen MR) is 35.1 cm³/mol. The zero-order valence-electron chi connectivity index (χ0n) is 5.76. The molecule has 0 spiro atoms. The van der Waals surface area contributed by atoms with Gasteiger partial charge in [-0.05, 0) is 19.3 Å². The predicted octanol–water partition coefficient (Wildman–Crippen LogP) is 0.513. The highest BCUT2D eigenvalue weighted by Crippen LogP contribution is 2.52. The Morgan fingerprint density at radius 3 is 2.56 bits per heavy atom. The largest absolute Gasteiger partial charge is 0.381 e. The smallest absolute Gasteiger partial charge is 0.0634 e. The maximum absolute atomic E-state index is 5.94. The first kappa shape index (κ1) is 5.69. The van der Waals surface area contributed by atoms with E-state index in [4.69, 9.17) is 10.5 Å². The Bertz CT molecular complexity index is 137. The van der Waals surface area contributed by atoms with Crippen LogP contribution in [0, 0.1) is 5.92 Å². The van der Waals surface area contributed by atoms with Gasteiger partial charge >= 0.3 is 0 Å². The quantitative estimate of drug-likeness (QED) is 0.557. The van der Waals surface area contributed by atoms with Gasteiger partial charge in [-0.2, -0.15) is 0 Å². The molecule has 2 fully saturated rings. The molecule has 0 heterocycles. The van der Waals surface area contributed by atoms with E-state index in [0.717, 1.165) is 6.42 Å². The lowest BCUT2D eigenvalue weighted by atomic mass is 9.52. The summed E-state index contributed by atoms with van der Waals surface area (Å²) < 4.78 is 5.21. The Morgan fingerprint density at radius 2 is 2.44 bits per heavy atom. The number of nitrogens with two attached hydrogens (primary N) is 1. The van der Waals surface area contributed by atoms with Crippen LogP contribution in [0.4, 0.5) is 0 Å². The summed E-state index contributed by atoms with van der Waals surface area (Å²) in [7, 11) is 1.78.